The lowest BCUT2D eigenvalue weighted by Gasteiger charge is -2.27. The third-order valence-corrected chi connectivity index (χ3v) is 5.35. The molecule has 0 spiro atoms. The molecule has 0 radical (unpaired) electrons. The van der Waals surface area contributed by atoms with E-state index in [2.05, 4.69) is 32.3 Å². The third kappa shape index (κ3) is 3.56. The van der Waals surface area contributed by atoms with Gasteiger partial charge < -0.3 is 4.74 Å². The number of thiophene rings is 1. The van der Waals surface area contributed by atoms with Gasteiger partial charge in [0, 0.05) is 21.9 Å². The van der Waals surface area contributed by atoms with Crippen molar-refractivity contribution in [2.24, 2.45) is 0 Å². The number of halogens is 1. The van der Waals surface area contributed by atoms with Gasteiger partial charge in [-0.2, -0.15) is 0 Å². The minimum absolute atomic E-state index is 0.144. The Bertz CT molecular complexity index is 401. The molecule has 1 aromatic rings. The van der Waals surface area contributed by atoms with Crippen LogP contribution in [0.4, 0.5) is 0 Å². The Morgan fingerprint density at radius 1 is 1.56 bits per heavy atom. The lowest BCUT2D eigenvalue weighted by atomic mass is 10.2. The normalized spacial score (nSPS) is 16.4. The van der Waals surface area contributed by atoms with E-state index in [9.17, 15) is 4.79 Å². The molecule has 0 aliphatic heterocycles. The van der Waals surface area contributed by atoms with Gasteiger partial charge in [-0.25, -0.2) is 0 Å². The van der Waals surface area contributed by atoms with Gasteiger partial charge in [-0.3, -0.25) is 9.69 Å². The van der Waals surface area contributed by atoms with Crippen molar-refractivity contribution in [1.82, 2.24) is 4.90 Å². The van der Waals surface area contributed by atoms with Crippen LogP contribution in [-0.2, 0) is 16.1 Å². The lowest BCUT2D eigenvalue weighted by Crippen LogP contribution is -2.37. The number of nitrogens with zero attached hydrogens (tertiary/aromatic N) is 1. The summed E-state index contributed by atoms with van der Waals surface area (Å²) in [5.74, 6) is -0.144. The van der Waals surface area contributed by atoms with E-state index >= 15 is 0 Å². The summed E-state index contributed by atoms with van der Waals surface area (Å²) >= 11 is 5.28. The minimum Gasteiger partial charge on any atom is -0.468 e. The van der Waals surface area contributed by atoms with E-state index in [1.807, 2.05) is 0 Å². The molecule has 0 bridgehead atoms. The highest BCUT2D eigenvalue weighted by Gasteiger charge is 2.25. The molecular weight excluding hydrogens is 314 g/mol. The Morgan fingerprint density at radius 3 is 2.83 bits per heavy atom. The van der Waals surface area contributed by atoms with Crippen molar-refractivity contribution in [3.05, 3.63) is 20.8 Å². The minimum atomic E-state index is -0.144. The van der Waals surface area contributed by atoms with E-state index in [-0.39, 0.29) is 5.97 Å². The van der Waals surface area contributed by atoms with Crippen molar-refractivity contribution >= 4 is 33.2 Å². The summed E-state index contributed by atoms with van der Waals surface area (Å²) in [5.41, 5.74) is 0. The molecule has 1 aliphatic carbocycles. The van der Waals surface area contributed by atoms with Crippen LogP contribution in [0.5, 0.6) is 0 Å². The summed E-state index contributed by atoms with van der Waals surface area (Å²) in [5, 5.41) is 2.07. The van der Waals surface area contributed by atoms with Crippen LogP contribution in [0.25, 0.3) is 0 Å². The van der Waals surface area contributed by atoms with Gasteiger partial charge in [-0.1, -0.05) is 12.8 Å². The number of ether oxygens (including phenoxy) is 1. The number of hydrogen-bond donors (Lipinski definition) is 0. The van der Waals surface area contributed by atoms with Gasteiger partial charge in [-0.05, 0) is 40.2 Å². The van der Waals surface area contributed by atoms with Gasteiger partial charge in [0.1, 0.15) is 0 Å². The number of carbonyl (C=O) groups excluding carboxylic acids is 1. The molecule has 0 saturated heterocycles. The fourth-order valence-electron chi connectivity index (χ4n) is 2.44. The molecular formula is C13H18BrNO2S. The van der Waals surface area contributed by atoms with E-state index < -0.39 is 0 Å². The smallest absolute Gasteiger partial charge is 0.319 e. The maximum atomic E-state index is 11.5. The van der Waals surface area contributed by atoms with E-state index in [0.29, 0.717) is 12.6 Å². The van der Waals surface area contributed by atoms with E-state index in [4.69, 9.17) is 4.74 Å². The van der Waals surface area contributed by atoms with Crippen LogP contribution in [0, 0.1) is 0 Å². The average molecular weight is 332 g/mol. The van der Waals surface area contributed by atoms with Gasteiger partial charge in [0.2, 0.25) is 0 Å². The Labute approximate surface area is 120 Å². The predicted molar refractivity (Wildman–Crippen MR) is 76.7 cm³/mol. The molecule has 100 valence electrons. The number of esters is 1. The number of methoxy groups -OCH3 is 1. The molecule has 1 aliphatic rings. The Hall–Kier alpha value is -0.390. The fourth-order valence-corrected chi connectivity index (χ4v) is 3.94. The number of rotatable bonds is 5. The molecule has 3 nitrogen and oxygen atoms in total. The van der Waals surface area contributed by atoms with Crippen LogP contribution in [0.2, 0.25) is 0 Å². The van der Waals surface area contributed by atoms with Crippen molar-refractivity contribution in [3.8, 4) is 0 Å². The Kier molecular flexibility index (Phi) is 5.21. The van der Waals surface area contributed by atoms with Gasteiger partial charge >= 0.3 is 5.97 Å². The van der Waals surface area contributed by atoms with E-state index in [1.165, 1.54) is 37.7 Å². The van der Waals surface area contributed by atoms with Crippen molar-refractivity contribution in [2.45, 2.75) is 38.3 Å². The zero-order valence-electron chi connectivity index (χ0n) is 10.5. The second-order valence-corrected chi connectivity index (χ2v) is 6.47. The standard InChI is InChI=1S/C13H18BrNO2S/c1-17-13(16)9-15(10-4-2-3-5-10)8-12-11(14)6-7-18-12/h6-7,10H,2-5,8-9H2,1H3. The predicted octanol–water partition coefficient (Wildman–Crippen LogP) is 3.43. The zero-order valence-corrected chi connectivity index (χ0v) is 12.9. The molecule has 0 atom stereocenters. The average Bonchev–Trinajstić information content (AvgIpc) is 3.00. The first-order valence-electron chi connectivity index (χ1n) is 6.23. The van der Waals surface area contributed by atoms with Crippen molar-refractivity contribution in [3.63, 3.8) is 0 Å². The maximum Gasteiger partial charge on any atom is 0.319 e. The second-order valence-electron chi connectivity index (χ2n) is 4.61. The van der Waals surface area contributed by atoms with Crippen LogP contribution < -0.4 is 0 Å². The topological polar surface area (TPSA) is 29.5 Å². The molecule has 1 fully saturated rings. The molecule has 0 N–H and O–H groups in total. The molecule has 5 heteroatoms. The zero-order chi connectivity index (χ0) is 13.0. The highest BCUT2D eigenvalue weighted by atomic mass is 79.9. The molecule has 1 saturated carbocycles. The summed E-state index contributed by atoms with van der Waals surface area (Å²) < 4.78 is 5.94. The number of carbonyl (C=O) groups is 1. The molecule has 2 rings (SSSR count). The highest BCUT2D eigenvalue weighted by Crippen LogP contribution is 2.29. The second kappa shape index (κ2) is 6.68. The van der Waals surface area contributed by atoms with Crippen molar-refractivity contribution in [2.75, 3.05) is 13.7 Å². The van der Waals surface area contributed by atoms with Crippen LogP contribution in [-0.4, -0.2) is 30.6 Å². The van der Waals surface area contributed by atoms with Crippen LogP contribution >= 0.6 is 27.3 Å². The van der Waals surface area contributed by atoms with Crippen LogP contribution in [0.15, 0.2) is 15.9 Å². The quantitative estimate of drug-likeness (QED) is 0.774. The summed E-state index contributed by atoms with van der Waals surface area (Å²) in [6, 6.07) is 2.59. The molecule has 18 heavy (non-hydrogen) atoms. The van der Waals surface area contributed by atoms with Crippen molar-refractivity contribution in [1.29, 1.82) is 0 Å². The van der Waals surface area contributed by atoms with Gasteiger partial charge in [0.05, 0.1) is 13.7 Å². The summed E-state index contributed by atoms with van der Waals surface area (Å²) in [7, 11) is 1.45. The third-order valence-electron chi connectivity index (χ3n) is 3.44. The Morgan fingerprint density at radius 2 is 2.28 bits per heavy atom. The highest BCUT2D eigenvalue weighted by molar-refractivity contribution is 9.10. The lowest BCUT2D eigenvalue weighted by molar-refractivity contribution is -0.142. The monoisotopic (exact) mass is 331 g/mol. The molecule has 0 unspecified atom stereocenters. The molecule has 1 heterocycles. The van der Waals surface area contributed by atoms with E-state index in [0.717, 1.165) is 11.0 Å². The van der Waals surface area contributed by atoms with Gasteiger partial charge in [0.15, 0.2) is 0 Å². The first-order chi connectivity index (χ1) is 8.70. The van der Waals surface area contributed by atoms with Crippen LogP contribution in [0.3, 0.4) is 0 Å². The first-order valence-corrected chi connectivity index (χ1v) is 7.90. The van der Waals surface area contributed by atoms with Crippen LogP contribution in [0.1, 0.15) is 30.6 Å². The fraction of sp³-hybridized carbons (Fsp3) is 0.615. The molecule has 1 aromatic heterocycles. The van der Waals surface area contributed by atoms with Crippen molar-refractivity contribution < 1.29 is 9.53 Å². The number of hydrogen-bond acceptors (Lipinski definition) is 4. The summed E-state index contributed by atoms with van der Waals surface area (Å²) in [4.78, 5) is 15.1. The van der Waals surface area contributed by atoms with Gasteiger partial charge in [-0.15, -0.1) is 11.3 Å². The molecule has 0 amide bonds. The maximum absolute atomic E-state index is 11.5. The largest absolute Gasteiger partial charge is 0.468 e. The van der Waals surface area contributed by atoms with Gasteiger partial charge in [0.25, 0.3) is 0 Å². The summed E-state index contributed by atoms with van der Waals surface area (Å²) in [6.07, 6.45) is 4.93. The first kappa shape index (κ1) is 14.0. The Balaban J connectivity index is 2.04. The molecule has 0 aromatic carbocycles. The summed E-state index contributed by atoms with van der Waals surface area (Å²) in [6.45, 7) is 1.23. The SMILES string of the molecule is COC(=O)CN(Cc1sccc1Br)C1CCCC1. The van der Waals surface area contributed by atoms with E-state index in [1.54, 1.807) is 11.3 Å².